The summed E-state index contributed by atoms with van der Waals surface area (Å²) in [4.78, 5) is 11.9. The van der Waals surface area contributed by atoms with E-state index in [0.29, 0.717) is 5.56 Å². The number of hydrogen-bond donors (Lipinski definition) is 1. The van der Waals surface area contributed by atoms with Crippen LogP contribution in [0.3, 0.4) is 0 Å². The largest absolute Gasteiger partial charge is 1.00 e. The minimum absolute atomic E-state index is 0. The summed E-state index contributed by atoms with van der Waals surface area (Å²) in [6, 6.07) is 3.54. The molecule has 23 heavy (non-hydrogen) atoms. The van der Waals surface area contributed by atoms with Crippen molar-refractivity contribution >= 4 is 45.3 Å². The number of benzene rings is 1. The molecule has 1 N–H and O–H groups in total. The van der Waals surface area contributed by atoms with Crippen molar-refractivity contribution in [2.75, 3.05) is 6.61 Å². The third-order valence-corrected chi connectivity index (χ3v) is 4.89. The van der Waals surface area contributed by atoms with E-state index in [2.05, 4.69) is 0 Å². The number of phenolic OH excluding ortho intramolecular Hbond substituents is 1. The van der Waals surface area contributed by atoms with Crippen LogP contribution in [0.5, 0.6) is 5.75 Å². The van der Waals surface area contributed by atoms with Gasteiger partial charge < -0.3 is 19.1 Å². The summed E-state index contributed by atoms with van der Waals surface area (Å²) in [7, 11) is -3.91. The minimum Gasteiger partial charge on any atom is -0.778 e. The summed E-state index contributed by atoms with van der Waals surface area (Å²) in [5.41, 5.74) is 1.61. The van der Waals surface area contributed by atoms with Crippen LogP contribution in [0.25, 0.3) is 0 Å². The second kappa shape index (κ2) is 8.21. The molecule has 0 aliphatic heterocycles. The van der Waals surface area contributed by atoms with Crippen LogP contribution in [0, 0.1) is 0 Å². The van der Waals surface area contributed by atoms with Crippen molar-refractivity contribution in [3.63, 3.8) is 0 Å². The number of rotatable bonds is 4. The molecule has 6 heteroatoms. The van der Waals surface area contributed by atoms with Gasteiger partial charge in [0.1, 0.15) is 13.3 Å². The summed E-state index contributed by atoms with van der Waals surface area (Å²) in [6.07, 6.45) is -0.159. The van der Waals surface area contributed by atoms with E-state index in [-0.39, 0.29) is 67.1 Å². The van der Waals surface area contributed by atoms with Crippen molar-refractivity contribution in [2.45, 2.75) is 65.5 Å². The monoisotopic (exact) mass is 367 g/mol. The maximum atomic E-state index is 11.9. The number of phenols is 1. The predicted molar refractivity (Wildman–Crippen MR) is 94.2 cm³/mol. The topological polar surface area (TPSA) is 69.6 Å². The summed E-state index contributed by atoms with van der Waals surface area (Å²) in [5, 5.41) is 10.6. The van der Waals surface area contributed by atoms with Crippen molar-refractivity contribution in [1.29, 1.82) is 0 Å². The van der Waals surface area contributed by atoms with E-state index in [1.165, 1.54) is 0 Å². The summed E-state index contributed by atoms with van der Waals surface area (Å²) >= 11 is 0. The molecule has 1 rings (SSSR count). The molecule has 0 saturated carbocycles. The molecule has 0 heterocycles. The molecule has 1 aromatic rings. The fraction of sp³-hybridized carbons (Fsp3) is 0.647. The zero-order valence-corrected chi connectivity index (χ0v) is 18.5. The SMILES string of the molecule is CCOP(=O)([O-])Cc1cc(C(C)(C)C)c(O)c(C(C)(C)C)c1.[Ca+]. The zero-order chi connectivity index (χ0) is 17.3. The van der Waals surface area contributed by atoms with Gasteiger partial charge in [0.2, 0.25) is 0 Å². The molecule has 0 fully saturated rings. The van der Waals surface area contributed by atoms with Crippen LogP contribution >= 0.6 is 7.60 Å². The first-order valence-electron chi connectivity index (χ1n) is 7.59. The van der Waals surface area contributed by atoms with Gasteiger partial charge in [-0.2, -0.15) is 0 Å². The van der Waals surface area contributed by atoms with Crippen LogP contribution in [0.2, 0.25) is 0 Å². The first-order chi connectivity index (χ1) is 9.78. The van der Waals surface area contributed by atoms with E-state index in [9.17, 15) is 14.6 Å². The first kappa shape index (κ1) is 23.4. The molecular weight excluding hydrogens is 339 g/mol. The van der Waals surface area contributed by atoms with Crippen LogP contribution in [0.4, 0.5) is 0 Å². The molecule has 0 amide bonds. The van der Waals surface area contributed by atoms with Crippen LogP contribution < -0.4 is 4.89 Å². The van der Waals surface area contributed by atoms with E-state index >= 15 is 0 Å². The van der Waals surface area contributed by atoms with Crippen molar-refractivity contribution in [3.05, 3.63) is 28.8 Å². The standard InChI is InChI=1S/C17H29O4P.Ca/c1-8-21-22(19,20)11-12-9-13(16(2,3)4)15(18)14(10-12)17(5,6)7;/h9-10,18H,8,11H2,1-7H3,(H,19,20);/q;+1/p-1. The van der Waals surface area contributed by atoms with Crippen LogP contribution in [-0.4, -0.2) is 49.5 Å². The summed E-state index contributed by atoms with van der Waals surface area (Å²) in [5.74, 6) is 0.251. The quantitative estimate of drug-likeness (QED) is 0.651. The Morgan fingerprint density at radius 1 is 1.09 bits per heavy atom. The van der Waals surface area contributed by atoms with Gasteiger partial charge in [0.05, 0.1) is 6.61 Å². The van der Waals surface area contributed by atoms with Crippen molar-refractivity contribution in [3.8, 4) is 5.75 Å². The molecule has 4 nitrogen and oxygen atoms in total. The van der Waals surface area contributed by atoms with Crippen molar-refractivity contribution in [1.82, 2.24) is 0 Å². The van der Waals surface area contributed by atoms with E-state index < -0.39 is 7.60 Å². The van der Waals surface area contributed by atoms with Gasteiger partial charge >= 0.3 is 37.7 Å². The van der Waals surface area contributed by atoms with Gasteiger partial charge in [0.25, 0.3) is 0 Å². The minimum atomic E-state index is -3.91. The van der Waals surface area contributed by atoms with Gasteiger partial charge in [-0.3, -0.25) is 0 Å². The molecule has 1 unspecified atom stereocenters. The number of aromatic hydroxyl groups is 1. The first-order valence-corrected chi connectivity index (χ1v) is 9.32. The average Bonchev–Trinajstić information content (AvgIpc) is 2.27. The molecule has 127 valence electrons. The van der Waals surface area contributed by atoms with Crippen molar-refractivity contribution < 1.29 is 19.1 Å². The third-order valence-electron chi connectivity index (χ3n) is 3.49. The number of hydrogen-bond acceptors (Lipinski definition) is 4. The summed E-state index contributed by atoms with van der Waals surface area (Å²) < 4.78 is 16.8. The van der Waals surface area contributed by atoms with E-state index in [1.807, 2.05) is 41.5 Å². The second-order valence-electron chi connectivity index (χ2n) is 7.73. The van der Waals surface area contributed by atoms with Crippen LogP contribution in [0.15, 0.2) is 12.1 Å². The molecule has 0 spiro atoms. The van der Waals surface area contributed by atoms with Crippen LogP contribution in [-0.2, 0) is 26.1 Å². The molecule has 0 aliphatic carbocycles. The Labute approximate surface area is 170 Å². The molecule has 1 atom stereocenters. The van der Waals surface area contributed by atoms with Gasteiger partial charge in [-0.25, -0.2) is 0 Å². The molecule has 0 aromatic heterocycles. The molecular formula is C17H28CaO4P. The zero-order valence-electron chi connectivity index (χ0n) is 15.4. The fourth-order valence-electron chi connectivity index (χ4n) is 2.39. The average molecular weight is 367 g/mol. The van der Waals surface area contributed by atoms with E-state index in [1.54, 1.807) is 19.1 Å². The Bertz CT molecular complexity index is 550. The maximum Gasteiger partial charge on any atom is 1.00 e. The maximum absolute atomic E-state index is 11.9. The summed E-state index contributed by atoms with van der Waals surface area (Å²) in [6.45, 7) is 13.8. The smallest absolute Gasteiger partial charge is 0.778 e. The Morgan fingerprint density at radius 3 is 1.78 bits per heavy atom. The molecule has 1 radical (unpaired) electrons. The Balaban J connectivity index is 0.00000484. The molecule has 0 aliphatic rings. The third kappa shape index (κ3) is 6.68. The van der Waals surface area contributed by atoms with Gasteiger partial charge in [0, 0.05) is 6.16 Å². The van der Waals surface area contributed by atoms with E-state index in [0.717, 1.165) is 11.1 Å². The second-order valence-corrected chi connectivity index (χ2v) is 9.52. The van der Waals surface area contributed by atoms with Gasteiger partial charge in [-0.1, -0.05) is 53.7 Å². The van der Waals surface area contributed by atoms with Crippen LogP contribution in [0.1, 0.15) is 65.2 Å². The molecule has 0 saturated heterocycles. The Morgan fingerprint density at radius 2 is 1.48 bits per heavy atom. The predicted octanol–water partition coefficient (Wildman–Crippen LogP) is 3.70. The van der Waals surface area contributed by atoms with Crippen molar-refractivity contribution in [2.24, 2.45) is 0 Å². The molecule has 1 aromatic carbocycles. The fourth-order valence-corrected chi connectivity index (χ4v) is 3.51. The Hall–Kier alpha value is 0.430. The van der Waals surface area contributed by atoms with Gasteiger partial charge in [0.15, 0.2) is 0 Å². The normalized spacial score (nSPS) is 15.0. The Kier molecular flexibility index (Phi) is 8.36. The van der Waals surface area contributed by atoms with Gasteiger partial charge in [-0.15, -0.1) is 0 Å². The van der Waals surface area contributed by atoms with Gasteiger partial charge in [-0.05, 0) is 34.4 Å². The van der Waals surface area contributed by atoms with E-state index in [4.69, 9.17) is 4.52 Å². The molecule has 0 bridgehead atoms.